The van der Waals surface area contributed by atoms with Crippen molar-refractivity contribution < 1.29 is 24.1 Å². The Labute approximate surface area is 195 Å². The molecule has 0 radical (unpaired) electrons. The molecular formula is C25H21N3O6. The summed E-state index contributed by atoms with van der Waals surface area (Å²) >= 11 is 0. The van der Waals surface area contributed by atoms with Crippen LogP contribution in [0, 0.1) is 10.1 Å². The van der Waals surface area contributed by atoms with E-state index in [1.165, 1.54) is 17.2 Å². The number of para-hydroxylation sites is 2. The summed E-state index contributed by atoms with van der Waals surface area (Å²) in [5, 5.41) is 15.7. The monoisotopic (exact) mass is 459 g/mol. The predicted octanol–water partition coefficient (Wildman–Crippen LogP) is 3.91. The van der Waals surface area contributed by atoms with E-state index in [4.69, 9.17) is 9.57 Å². The van der Waals surface area contributed by atoms with Gasteiger partial charge in [0.25, 0.3) is 5.69 Å². The van der Waals surface area contributed by atoms with Gasteiger partial charge in [0, 0.05) is 17.8 Å². The highest BCUT2D eigenvalue weighted by Gasteiger charge is 2.68. The van der Waals surface area contributed by atoms with Gasteiger partial charge in [-0.25, -0.2) is 9.86 Å². The summed E-state index contributed by atoms with van der Waals surface area (Å²) < 4.78 is 5.33. The first-order valence-electron chi connectivity index (χ1n) is 10.8. The molecule has 1 spiro atoms. The second-order valence-electron chi connectivity index (χ2n) is 8.02. The van der Waals surface area contributed by atoms with Gasteiger partial charge in [-0.3, -0.25) is 19.7 Å². The van der Waals surface area contributed by atoms with E-state index in [2.05, 4.69) is 5.32 Å². The maximum absolute atomic E-state index is 13.8. The Kier molecular flexibility index (Phi) is 5.25. The maximum Gasteiger partial charge on any atom is 0.339 e. The quantitative estimate of drug-likeness (QED) is 0.350. The van der Waals surface area contributed by atoms with Gasteiger partial charge in [0.05, 0.1) is 17.2 Å². The second kappa shape index (κ2) is 8.27. The molecule has 9 heteroatoms. The number of fused-ring (bicyclic) bond motifs is 2. The molecule has 2 aliphatic rings. The van der Waals surface area contributed by atoms with Gasteiger partial charge >= 0.3 is 5.97 Å². The highest BCUT2D eigenvalue weighted by atomic mass is 16.7. The van der Waals surface area contributed by atoms with Crippen molar-refractivity contribution >= 4 is 28.9 Å². The fourth-order valence-electron chi connectivity index (χ4n) is 4.83. The lowest BCUT2D eigenvalue weighted by Gasteiger charge is -2.33. The summed E-state index contributed by atoms with van der Waals surface area (Å²) in [4.78, 5) is 44.0. The zero-order valence-electron chi connectivity index (χ0n) is 18.2. The van der Waals surface area contributed by atoms with Gasteiger partial charge in [-0.15, -0.1) is 0 Å². The molecule has 9 nitrogen and oxygen atoms in total. The van der Waals surface area contributed by atoms with Crippen LogP contribution < -0.4 is 10.4 Å². The molecule has 172 valence electrons. The summed E-state index contributed by atoms with van der Waals surface area (Å²) in [6.45, 7) is 1.80. The van der Waals surface area contributed by atoms with Crippen LogP contribution in [0.2, 0.25) is 0 Å². The molecule has 0 aliphatic carbocycles. The first-order chi connectivity index (χ1) is 16.5. The Hall–Kier alpha value is -4.24. The molecule has 0 bridgehead atoms. The molecule has 1 saturated heterocycles. The van der Waals surface area contributed by atoms with Crippen molar-refractivity contribution in [3.8, 4) is 0 Å². The van der Waals surface area contributed by atoms with Gasteiger partial charge in [-0.2, -0.15) is 0 Å². The SMILES string of the molecule is CCOC(=O)[C@@H]1ON(c2ccccc2)[C@H](c2ccc([N+](=O)[O-])cc2)C12C(=O)Nc1ccccc12. The van der Waals surface area contributed by atoms with Crippen LogP contribution in [0.4, 0.5) is 17.1 Å². The minimum atomic E-state index is -1.49. The third-order valence-electron chi connectivity index (χ3n) is 6.23. The summed E-state index contributed by atoms with van der Waals surface area (Å²) in [5.74, 6) is -1.08. The molecule has 0 aromatic heterocycles. The number of hydroxylamine groups is 1. The highest BCUT2D eigenvalue weighted by Crippen LogP contribution is 2.57. The first-order valence-corrected chi connectivity index (χ1v) is 10.8. The van der Waals surface area contributed by atoms with Gasteiger partial charge in [0.2, 0.25) is 12.0 Å². The topological polar surface area (TPSA) is 111 Å². The normalized spacial score (nSPS) is 23.0. The molecule has 3 aromatic rings. The van der Waals surface area contributed by atoms with Crippen molar-refractivity contribution in [3.63, 3.8) is 0 Å². The Morgan fingerprint density at radius 3 is 2.44 bits per heavy atom. The molecule has 1 unspecified atom stereocenters. The summed E-state index contributed by atoms with van der Waals surface area (Å²) in [5.41, 5.74) is 0.796. The standard InChI is InChI=1S/C25H21N3O6/c1-2-33-23(29)22-25(19-10-6-7-11-20(19)26-24(25)30)21(16-12-14-18(15-13-16)28(31)32)27(34-22)17-8-4-3-5-9-17/h3-15,21-22H,2H2,1H3,(H,26,30)/t21-,22+,25?/m1/s1. The second-order valence-corrected chi connectivity index (χ2v) is 8.02. The summed E-state index contributed by atoms with van der Waals surface area (Å²) in [6.07, 6.45) is -1.28. The van der Waals surface area contributed by atoms with E-state index in [1.54, 1.807) is 55.5 Å². The van der Waals surface area contributed by atoms with Gasteiger partial charge in [-0.1, -0.05) is 36.4 Å². The lowest BCUT2D eigenvalue weighted by atomic mass is 9.69. The molecule has 0 saturated carbocycles. The fraction of sp³-hybridized carbons (Fsp3) is 0.200. The smallest absolute Gasteiger partial charge is 0.339 e. The van der Waals surface area contributed by atoms with Crippen molar-refractivity contribution in [2.75, 3.05) is 17.0 Å². The Morgan fingerprint density at radius 2 is 1.76 bits per heavy atom. The van der Waals surface area contributed by atoms with E-state index in [-0.39, 0.29) is 12.3 Å². The number of hydrogen-bond acceptors (Lipinski definition) is 7. The molecule has 1 amide bonds. The van der Waals surface area contributed by atoms with Crippen molar-refractivity contribution in [1.29, 1.82) is 0 Å². The van der Waals surface area contributed by atoms with Crippen molar-refractivity contribution in [2.24, 2.45) is 0 Å². The lowest BCUT2D eigenvalue weighted by molar-refractivity contribution is -0.384. The van der Waals surface area contributed by atoms with Gasteiger partial charge in [0.1, 0.15) is 11.5 Å². The van der Waals surface area contributed by atoms with Gasteiger partial charge in [0.15, 0.2) is 0 Å². The average Bonchev–Trinajstić information content (AvgIpc) is 3.36. The van der Waals surface area contributed by atoms with Crippen molar-refractivity contribution in [2.45, 2.75) is 24.5 Å². The third kappa shape index (κ3) is 3.12. The lowest BCUT2D eigenvalue weighted by Crippen LogP contribution is -2.50. The zero-order valence-corrected chi connectivity index (χ0v) is 18.2. The first kappa shape index (κ1) is 21.6. The van der Waals surface area contributed by atoms with Gasteiger partial charge < -0.3 is 10.1 Å². The number of anilines is 2. The number of nitrogens with one attached hydrogen (secondary N) is 1. The third-order valence-corrected chi connectivity index (χ3v) is 6.23. The Bertz CT molecular complexity index is 1260. The van der Waals surface area contributed by atoms with E-state index >= 15 is 0 Å². The number of hydrogen-bond donors (Lipinski definition) is 1. The summed E-state index contributed by atoms with van der Waals surface area (Å²) in [6, 6.07) is 21.4. The number of carbonyl (C=O) groups is 2. The molecular weight excluding hydrogens is 438 g/mol. The van der Waals surface area contributed by atoms with Crippen LogP contribution >= 0.6 is 0 Å². The largest absolute Gasteiger partial charge is 0.464 e. The zero-order chi connectivity index (χ0) is 23.9. The van der Waals surface area contributed by atoms with E-state index in [1.807, 2.05) is 18.2 Å². The van der Waals surface area contributed by atoms with Gasteiger partial charge in [-0.05, 0) is 48.4 Å². The van der Waals surface area contributed by atoms with Crippen LogP contribution in [0.25, 0.3) is 0 Å². The van der Waals surface area contributed by atoms with Crippen molar-refractivity contribution in [1.82, 2.24) is 0 Å². The van der Waals surface area contributed by atoms with Crippen molar-refractivity contribution in [3.05, 3.63) is 100 Å². The number of benzene rings is 3. The van der Waals surface area contributed by atoms with E-state index in [0.29, 0.717) is 22.5 Å². The minimum absolute atomic E-state index is 0.0822. The molecule has 2 heterocycles. The van der Waals surface area contributed by atoms with Crippen LogP contribution in [0.5, 0.6) is 0 Å². The van der Waals surface area contributed by atoms with Crippen LogP contribution in [0.1, 0.15) is 24.1 Å². The molecule has 3 aromatic carbocycles. The van der Waals surface area contributed by atoms with E-state index in [9.17, 15) is 19.7 Å². The maximum atomic E-state index is 13.8. The number of ether oxygens (including phenoxy) is 1. The molecule has 2 aliphatic heterocycles. The minimum Gasteiger partial charge on any atom is -0.464 e. The number of nitrogens with zero attached hydrogens (tertiary/aromatic N) is 2. The molecule has 3 atom stereocenters. The molecule has 1 fully saturated rings. The number of non-ortho nitro benzene ring substituents is 1. The molecule has 34 heavy (non-hydrogen) atoms. The number of nitro benzene ring substituents is 1. The van der Waals surface area contributed by atoms with E-state index < -0.39 is 34.4 Å². The van der Waals surface area contributed by atoms with E-state index in [0.717, 1.165) is 0 Å². The number of rotatable bonds is 5. The van der Waals surface area contributed by atoms with Crippen LogP contribution in [-0.2, 0) is 24.6 Å². The number of carbonyl (C=O) groups excluding carboxylic acids is 2. The number of esters is 1. The number of amides is 1. The predicted molar refractivity (Wildman–Crippen MR) is 123 cm³/mol. The summed E-state index contributed by atoms with van der Waals surface area (Å²) in [7, 11) is 0. The van der Waals surface area contributed by atoms with Crippen LogP contribution in [0.15, 0.2) is 78.9 Å². The fourth-order valence-corrected chi connectivity index (χ4v) is 4.83. The average molecular weight is 459 g/mol. The van der Waals surface area contributed by atoms with Crippen LogP contribution in [0.3, 0.4) is 0 Å². The Morgan fingerprint density at radius 1 is 1.09 bits per heavy atom. The highest BCUT2D eigenvalue weighted by molar-refractivity contribution is 6.11. The Balaban J connectivity index is 1.77. The molecule has 1 N–H and O–H groups in total. The van der Waals surface area contributed by atoms with Crippen LogP contribution in [-0.4, -0.2) is 29.5 Å². The molecule has 5 rings (SSSR count). The number of nitro groups is 1.